The Hall–Kier alpha value is 0.230. The Morgan fingerprint density at radius 3 is 2.44 bits per heavy atom. The number of halogens is 3. The minimum Gasteiger partial charge on any atom is -0.224 e. The van der Waals surface area contributed by atoms with Gasteiger partial charge in [-0.15, -0.1) is 0 Å². The van der Waals surface area contributed by atoms with E-state index in [-0.39, 0.29) is 15.7 Å². The van der Waals surface area contributed by atoms with Crippen LogP contribution in [0, 0.1) is 0 Å². The zero-order valence-corrected chi connectivity index (χ0v) is 12.5. The highest BCUT2D eigenvalue weighted by molar-refractivity contribution is 9.09. The normalized spacial score (nSPS) is 11.8. The maximum atomic E-state index is 11.9. The van der Waals surface area contributed by atoms with Crippen LogP contribution in [0.5, 0.6) is 0 Å². The molecule has 0 bridgehead atoms. The van der Waals surface area contributed by atoms with Crippen molar-refractivity contribution in [1.29, 1.82) is 0 Å². The molecule has 0 radical (unpaired) electrons. The van der Waals surface area contributed by atoms with Gasteiger partial charge in [-0.25, -0.2) is 8.42 Å². The van der Waals surface area contributed by atoms with Crippen molar-refractivity contribution in [1.82, 2.24) is 0 Å². The fourth-order valence-corrected chi connectivity index (χ4v) is 3.91. The molecule has 1 aromatic rings. The predicted octanol–water partition coefficient (Wildman–Crippen LogP) is 3.72. The average Bonchev–Trinajstić information content (AvgIpc) is 2.16. The SMILES string of the molecule is CCS(=O)(=O)c1c(Cl)cc(Cl)cc1CCBr. The molecule has 2 nitrogen and oxygen atoms in total. The molecular formula is C10H11BrCl2O2S. The van der Waals surface area contributed by atoms with Gasteiger partial charge in [0, 0.05) is 10.4 Å². The predicted molar refractivity (Wildman–Crippen MR) is 71.7 cm³/mol. The molecule has 0 saturated carbocycles. The minimum absolute atomic E-state index is 0.0314. The van der Waals surface area contributed by atoms with Crippen molar-refractivity contribution in [3.05, 3.63) is 27.7 Å². The third-order valence-electron chi connectivity index (χ3n) is 2.14. The zero-order valence-electron chi connectivity index (χ0n) is 8.63. The maximum Gasteiger partial charge on any atom is 0.179 e. The van der Waals surface area contributed by atoms with Crippen LogP contribution in [0.15, 0.2) is 17.0 Å². The van der Waals surface area contributed by atoms with Gasteiger partial charge in [-0.1, -0.05) is 46.1 Å². The second kappa shape index (κ2) is 5.71. The van der Waals surface area contributed by atoms with E-state index in [1.54, 1.807) is 13.0 Å². The first-order valence-corrected chi connectivity index (χ1v) is 8.22. The summed E-state index contributed by atoms with van der Waals surface area (Å²) in [5, 5.41) is 1.32. The molecule has 0 atom stereocenters. The Morgan fingerprint density at radius 1 is 1.31 bits per heavy atom. The molecule has 0 aliphatic heterocycles. The van der Waals surface area contributed by atoms with E-state index in [1.807, 2.05) is 0 Å². The first kappa shape index (κ1) is 14.3. The van der Waals surface area contributed by atoms with Crippen LogP contribution in [0.1, 0.15) is 12.5 Å². The fraction of sp³-hybridized carbons (Fsp3) is 0.400. The Morgan fingerprint density at radius 2 is 1.94 bits per heavy atom. The molecule has 0 aromatic heterocycles. The maximum absolute atomic E-state index is 11.9. The van der Waals surface area contributed by atoms with Gasteiger partial charge in [0.15, 0.2) is 9.84 Å². The van der Waals surface area contributed by atoms with Crippen LogP contribution in [-0.2, 0) is 16.3 Å². The first-order chi connectivity index (χ1) is 7.42. The second-order valence-corrected chi connectivity index (χ2v) is 7.07. The van der Waals surface area contributed by atoms with Crippen molar-refractivity contribution < 1.29 is 8.42 Å². The van der Waals surface area contributed by atoms with E-state index in [2.05, 4.69) is 15.9 Å². The third-order valence-corrected chi connectivity index (χ3v) is 5.03. The number of rotatable bonds is 4. The molecule has 16 heavy (non-hydrogen) atoms. The van der Waals surface area contributed by atoms with Crippen molar-refractivity contribution in [2.75, 3.05) is 11.1 Å². The number of aryl methyl sites for hydroxylation is 1. The number of hydrogen-bond acceptors (Lipinski definition) is 2. The number of sulfone groups is 1. The summed E-state index contributed by atoms with van der Waals surface area (Å²) in [5.41, 5.74) is 0.663. The van der Waals surface area contributed by atoms with E-state index in [0.717, 1.165) is 0 Å². The Balaban J connectivity index is 3.47. The largest absolute Gasteiger partial charge is 0.224 e. The third kappa shape index (κ3) is 3.13. The van der Waals surface area contributed by atoms with Gasteiger partial charge < -0.3 is 0 Å². The van der Waals surface area contributed by atoms with E-state index in [4.69, 9.17) is 23.2 Å². The first-order valence-electron chi connectivity index (χ1n) is 4.69. The highest BCUT2D eigenvalue weighted by Gasteiger charge is 2.20. The van der Waals surface area contributed by atoms with E-state index >= 15 is 0 Å². The van der Waals surface area contributed by atoms with Gasteiger partial charge in [0.2, 0.25) is 0 Å². The summed E-state index contributed by atoms with van der Waals surface area (Å²) in [6, 6.07) is 3.11. The molecule has 6 heteroatoms. The second-order valence-electron chi connectivity index (χ2n) is 3.22. The van der Waals surface area contributed by atoms with Crippen molar-refractivity contribution >= 4 is 49.0 Å². The molecule has 0 spiro atoms. The lowest BCUT2D eigenvalue weighted by molar-refractivity contribution is 0.596. The summed E-state index contributed by atoms with van der Waals surface area (Å²) in [7, 11) is -3.31. The molecule has 0 fully saturated rings. The van der Waals surface area contributed by atoms with E-state index in [0.29, 0.717) is 22.3 Å². The van der Waals surface area contributed by atoms with Gasteiger partial charge in [0.25, 0.3) is 0 Å². The van der Waals surface area contributed by atoms with Crippen molar-refractivity contribution in [2.24, 2.45) is 0 Å². The molecule has 0 amide bonds. The van der Waals surface area contributed by atoms with E-state index < -0.39 is 9.84 Å². The van der Waals surface area contributed by atoms with Gasteiger partial charge in [0.1, 0.15) is 0 Å². The van der Waals surface area contributed by atoms with Gasteiger partial charge in [-0.05, 0) is 24.1 Å². The van der Waals surface area contributed by atoms with Gasteiger partial charge in [-0.2, -0.15) is 0 Å². The van der Waals surface area contributed by atoms with Crippen LogP contribution in [-0.4, -0.2) is 19.5 Å². The standard InChI is InChI=1S/C10H11BrCl2O2S/c1-2-16(14,15)10-7(3-4-11)5-8(12)6-9(10)13/h5-6H,2-4H2,1H3. The van der Waals surface area contributed by atoms with Gasteiger partial charge in [0.05, 0.1) is 15.7 Å². The molecule has 1 aromatic carbocycles. The summed E-state index contributed by atoms with van der Waals surface area (Å²) in [6.07, 6.45) is 0.578. The van der Waals surface area contributed by atoms with Crippen LogP contribution >= 0.6 is 39.1 Å². The summed E-state index contributed by atoms with van der Waals surface area (Å²) in [4.78, 5) is 0.209. The number of hydrogen-bond donors (Lipinski definition) is 0. The molecule has 0 saturated heterocycles. The van der Waals surface area contributed by atoms with Gasteiger partial charge >= 0.3 is 0 Å². The van der Waals surface area contributed by atoms with Crippen LogP contribution in [0.2, 0.25) is 10.0 Å². The minimum atomic E-state index is -3.31. The van der Waals surface area contributed by atoms with Crippen molar-refractivity contribution in [2.45, 2.75) is 18.2 Å². The number of benzene rings is 1. The monoisotopic (exact) mass is 344 g/mol. The molecule has 0 aliphatic carbocycles. The van der Waals surface area contributed by atoms with Crippen LogP contribution in [0.25, 0.3) is 0 Å². The van der Waals surface area contributed by atoms with Gasteiger partial charge in [-0.3, -0.25) is 0 Å². The fourth-order valence-electron chi connectivity index (χ4n) is 1.39. The lowest BCUT2D eigenvalue weighted by Gasteiger charge is -2.11. The molecule has 1 rings (SSSR count). The van der Waals surface area contributed by atoms with E-state index in [9.17, 15) is 8.42 Å². The summed E-state index contributed by atoms with van der Waals surface area (Å²) in [5.74, 6) is 0.0314. The highest BCUT2D eigenvalue weighted by Crippen LogP contribution is 2.30. The van der Waals surface area contributed by atoms with Crippen LogP contribution in [0.4, 0.5) is 0 Å². The van der Waals surface area contributed by atoms with Crippen molar-refractivity contribution in [3.63, 3.8) is 0 Å². The smallest absolute Gasteiger partial charge is 0.179 e. The molecular weight excluding hydrogens is 335 g/mol. The summed E-state index contributed by atoms with van der Waals surface area (Å²) in [6.45, 7) is 1.60. The quantitative estimate of drug-likeness (QED) is 0.779. The Bertz CT molecular complexity index is 486. The van der Waals surface area contributed by atoms with Crippen LogP contribution < -0.4 is 0 Å². The lowest BCUT2D eigenvalue weighted by Crippen LogP contribution is -2.08. The Kier molecular flexibility index (Phi) is 5.10. The van der Waals surface area contributed by atoms with Crippen LogP contribution in [0.3, 0.4) is 0 Å². The average molecular weight is 346 g/mol. The number of alkyl halides is 1. The molecule has 0 unspecified atom stereocenters. The molecule has 0 aliphatic rings. The highest BCUT2D eigenvalue weighted by atomic mass is 79.9. The molecule has 0 heterocycles. The lowest BCUT2D eigenvalue weighted by atomic mass is 10.2. The summed E-state index contributed by atoms with van der Waals surface area (Å²) >= 11 is 15.1. The summed E-state index contributed by atoms with van der Waals surface area (Å²) < 4.78 is 23.8. The van der Waals surface area contributed by atoms with E-state index in [1.165, 1.54) is 6.07 Å². The zero-order chi connectivity index (χ0) is 12.3. The Labute approximate surface area is 114 Å². The molecule has 0 N–H and O–H groups in total. The molecule has 90 valence electrons. The topological polar surface area (TPSA) is 34.1 Å². The van der Waals surface area contributed by atoms with Crippen molar-refractivity contribution in [3.8, 4) is 0 Å².